The molecule has 98 valence electrons. The minimum atomic E-state index is -0.226. The maximum atomic E-state index is 12.2. The topological polar surface area (TPSA) is 54.9 Å². The van der Waals surface area contributed by atoms with Crippen molar-refractivity contribution in [2.75, 3.05) is 5.32 Å². The summed E-state index contributed by atoms with van der Waals surface area (Å²) >= 11 is 6.03. The SMILES string of the molecule is Cc1ccc(NC(=O)c2c(C)ncnc2C)cc1Cl. The molecular weight excluding hydrogens is 262 g/mol. The number of nitrogens with zero attached hydrogens (tertiary/aromatic N) is 2. The molecule has 0 saturated carbocycles. The number of carbonyl (C=O) groups excluding carboxylic acids is 1. The summed E-state index contributed by atoms with van der Waals surface area (Å²) in [5, 5.41) is 3.43. The maximum absolute atomic E-state index is 12.2. The number of benzene rings is 1. The molecule has 0 fully saturated rings. The van der Waals surface area contributed by atoms with Gasteiger partial charge in [-0.1, -0.05) is 17.7 Å². The number of carbonyl (C=O) groups is 1. The number of hydrogen-bond acceptors (Lipinski definition) is 3. The summed E-state index contributed by atoms with van der Waals surface area (Å²) in [7, 11) is 0. The van der Waals surface area contributed by atoms with E-state index in [-0.39, 0.29) is 5.91 Å². The number of aryl methyl sites for hydroxylation is 3. The van der Waals surface area contributed by atoms with Crippen molar-refractivity contribution >= 4 is 23.2 Å². The normalized spacial score (nSPS) is 10.3. The Morgan fingerprint density at radius 1 is 1.16 bits per heavy atom. The van der Waals surface area contributed by atoms with Crippen LogP contribution in [0.4, 0.5) is 5.69 Å². The van der Waals surface area contributed by atoms with Gasteiger partial charge in [0.2, 0.25) is 0 Å². The first kappa shape index (κ1) is 13.5. The summed E-state index contributed by atoms with van der Waals surface area (Å²) in [5.41, 5.74) is 3.43. The van der Waals surface area contributed by atoms with E-state index in [1.165, 1.54) is 6.33 Å². The predicted octanol–water partition coefficient (Wildman–Crippen LogP) is 3.31. The van der Waals surface area contributed by atoms with E-state index in [2.05, 4.69) is 15.3 Å². The van der Waals surface area contributed by atoms with Gasteiger partial charge in [0.1, 0.15) is 6.33 Å². The van der Waals surface area contributed by atoms with Gasteiger partial charge < -0.3 is 5.32 Å². The molecule has 0 bridgehead atoms. The molecule has 0 aliphatic rings. The number of amides is 1. The highest BCUT2D eigenvalue weighted by atomic mass is 35.5. The molecule has 1 amide bonds. The van der Waals surface area contributed by atoms with E-state index in [1.807, 2.05) is 19.1 Å². The van der Waals surface area contributed by atoms with Crippen molar-refractivity contribution in [3.8, 4) is 0 Å². The maximum Gasteiger partial charge on any atom is 0.259 e. The minimum Gasteiger partial charge on any atom is -0.322 e. The molecule has 1 aromatic carbocycles. The molecule has 5 heteroatoms. The Morgan fingerprint density at radius 3 is 2.37 bits per heavy atom. The van der Waals surface area contributed by atoms with E-state index < -0.39 is 0 Å². The molecule has 19 heavy (non-hydrogen) atoms. The second-order valence-corrected chi connectivity index (χ2v) is 4.74. The number of rotatable bonds is 2. The first-order valence-electron chi connectivity index (χ1n) is 5.84. The minimum absolute atomic E-state index is 0.226. The van der Waals surface area contributed by atoms with Crippen LogP contribution in [0.2, 0.25) is 5.02 Å². The van der Waals surface area contributed by atoms with Gasteiger partial charge in [-0.3, -0.25) is 4.79 Å². The first-order valence-corrected chi connectivity index (χ1v) is 6.22. The third kappa shape index (κ3) is 2.90. The fraction of sp³-hybridized carbons (Fsp3) is 0.214. The second-order valence-electron chi connectivity index (χ2n) is 4.34. The van der Waals surface area contributed by atoms with Gasteiger partial charge in [-0.15, -0.1) is 0 Å². The quantitative estimate of drug-likeness (QED) is 0.915. The van der Waals surface area contributed by atoms with Crippen LogP contribution in [-0.4, -0.2) is 15.9 Å². The molecule has 0 atom stereocenters. The van der Waals surface area contributed by atoms with Gasteiger partial charge in [0.05, 0.1) is 17.0 Å². The lowest BCUT2D eigenvalue weighted by atomic mass is 10.1. The van der Waals surface area contributed by atoms with Gasteiger partial charge in [0.15, 0.2) is 0 Å². The highest BCUT2D eigenvalue weighted by Gasteiger charge is 2.14. The van der Waals surface area contributed by atoms with Crippen molar-refractivity contribution in [1.29, 1.82) is 0 Å². The molecule has 2 rings (SSSR count). The van der Waals surface area contributed by atoms with Gasteiger partial charge >= 0.3 is 0 Å². The number of anilines is 1. The van der Waals surface area contributed by atoms with Crippen LogP contribution < -0.4 is 5.32 Å². The zero-order valence-corrected chi connectivity index (χ0v) is 11.7. The molecule has 0 aliphatic carbocycles. The van der Waals surface area contributed by atoms with Gasteiger partial charge in [-0.2, -0.15) is 0 Å². The second kappa shape index (κ2) is 5.36. The van der Waals surface area contributed by atoms with E-state index in [0.717, 1.165) is 5.56 Å². The van der Waals surface area contributed by atoms with Crippen LogP contribution in [0, 0.1) is 20.8 Å². The third-order valence-corrected chi connectivity index (χ3v) is 3.29. The zero-order chi connectivity index (χ0) is 14.0. The fourth-order valence-electron chi connectivity index (χ4n) is 1.79. The van der Waals surface area contributed by atoms with Gasteiger partial charge in [0.25, 0.3) is 5.91 Å². The van der Waals surface area contributed by atoms with Crippen LogP contribution >= 0.6 is 11.6 Å². The fourth-order valence-corrected chi connectivity index (χ4v) is 1.97. The van der Waals surface area contributed by atoms with Crippen LogP contribution in [0.15, 0.2) is 24.5 Å². The molecular formula is C14H14ClN3O. The Bertz CT molecular complexity index is 620. The molecule has 4 nitrogen and oxygen atoms in total. The summed E-state index contributed by atoms with van der Waals surface area (Å²) in [6, 6.07) is 5.40. The Kier molecular flexibility index (Phi) is 3.81. The van der Waals surface area contributed by atoms with Crippen molar-refractivity contribution in [3.63, 3.8) is 0 Å². The van der Waals surface area contributed by atoms with E-state index in [4.69, 9.17) is 11.6 Å². The number of aromatic nitrogens is 2. The van der Waals surface area contributed by atoms with Gasteiger partial charge in [0, 0.05) is 10.7 Å². The average Bonchev–Trinajstić information content (AvgIpc) is 2.33. The molecule has 1 aromatic heterocycles. The van der Waals surface area contributed by atoms with Gasteiger partial charge in [-0.25, -0.2) is 9.97 Å². The summed E-state index contributed by atoms with van der Waals surface area (Å²) in [4.78, 5) is 20.3. The summed E-state index contributed by atoms with van der Waals surface area (Å²) in [6.45, 7) is 5.48. The smallest absolute Gasteiger partial charge is 0.259 e. The molecule has 0 saturated heterocycles. The lowest BCUT2D eigenvalue weighted by molar-refractivity contribution is 0.102. The van der Waals surface area contributed by atoms with Crippen molar-refractivity contribution in [1.82, 2.24) is 9.97 Å². The number of halogens is 1. The van der Waals surface area contributed by atoms with E-state index >= 15 is 0 Å². The van der Waals surface area contributed by atoms with Crippen molar-refractivity contribution in [2.24, 2.45) is 0 Å². The van der Waals surface area contributed by atoms with Crippen molar-refractivity contribution in [2.45, 2.75) is 20.8 Å². The predicted molar refractivity (Wildman–Crippen MR) is 75.6 cm³/mol. The molecule has 2 aromatic rings. The van der Waals surface area contributed by atoms with Crippen LogP contribution in [0.3, 0.4) is 0 Å². The van der Waals surface area contributed by atoms with Crippen LogP contribution in [0.5, 0.6) is 0 Å². The Labute approximate surface area is 116 Å². The molecule has 1 N–H and O–H groups in total. The van der Waals surface area contributed by atoms with Crippen molar-refractivity contribution in [3.05, 3.63) is 52.1 Å². The summed E-state index contributed by atoms with van der Waals surface area (Å²) in [5.74, 6) is -0.226. The standard InChI is InChI=1S/C14H14ClN3O/c1-8-4-5-11(6-12(8)15)18-14(19)13-9(2)16-7-17-10(13)3/h4-7H,1-3H3,(H,18,19). The van der Waals surface area contributed by atoms with E-state index in [9.17, 15) is 4.79 Å². The summed E-state index contributed by atoms with van der Waals surface area (Å²) in [6.07, 6.45) is 1.45. The van der Waals surface area contributed by atoms with E-state index in [1.54, 1.807) is 19.9 Å². The Morgan fingerprint density at radius 2 is 1.79 bits per heavy atom. The first-order chi connectivity index (χ1) is 8.99. The average molecular weight is 276 g/mol. The molecule has 0 aliphatic heterocycles. The highest BCUT2D eigenvalue weighted by molar-refractivity contribution is 6.31. The lowest BCUT2D eigenvalue weighted by Crippen LogP contribution is -2.16. The van der Waals surface area contributed by atoms with E-state index in [0.29, 0.717) is 27.7 Å². The highest BCUT2D eigenvalue weighted by Crippen LogP contribution is 2.21. The van der Waals surface area contributed by atoms with Crippen LogP contribution in [0.25, 0.3) is 0 Å². The zero-order valence-electron chi connectivity index (χ0n) is 11.0. The molecule has 1 heterocycles. The molecule has 0 spiro atoms. The van der Waals surface area contributed by atoms with Crippen LogP contribution in [0.1, 0.15) is 27.3 Å². The van der Waals surface area contributed by atoms with Crippen LogP contribution in [-0.2, 0) is 0 Å². The number of nitrogens with one attached hydrogen (secondary N) is 1. The van der Waals surface area contributed by atoms with Crippen molar-refractivity contribution < 1.29 is 4.79 Å². The number of hydrogen-bond donors (Lipinski definition) is 1. The monoisotopic (exact) mass is 275 g/mol. The molecule has 0 unspecified atom stereocenters. The third-order valence-electron chi connectivity index (χ3n) is 2.88. The Hall–Kier alpha value is -1.94. The summed E-state index contributed by atoms with van der Waals surface area (Å²) < 4.78 is 0. The molecule has 0 radical (unpaired) electrons. The largest absolute Gasteiger partial charge is 0.322 e. The lowest BCUT2D eigenvalue weighted by Gasteiger charge is -2.09. The Balaban J connectivity index is 2.28. The van der Waals surface area contributed by atoms with Gasteiger partial charge in [-0.05, 0) is 38.5 Å².